The van der Waals surface area contributed by atoms with Gasteiger partial charge in [0.25, 0.3) is 0 Å². The molecule has 1 N–H and O–H groups in total. The van der Waals surface area contributed by atoms with Crippen molar-refractivity contribution in [2.45, 2.75) is 70.3 Å². The van der Waals surface area contributed by atoms with E-state index >= 15 is 0 Å². The molecule has 0 aromatic rings. The van der Waals surface area contributed by atoms with Crippen molar-refractivity contribution in [2.75, 3.05) is 0 Å². The van der Waals surface area contributed by atoms with Crippen LogP contribution in [0, 0.1) is 35.0 Å². The van der Waals surface area contributed by atoms with Gasteiger partial charge in [0.05, 0.1) is 5.60 Å². The molecule has 0 bridgehead atoms. The Morgan fingerprint density at radius 3 is 2.70 bits per heavy atom. The first-order chi connectivity index (χ1) is 11.0. The molecule has 4 rings (SSSR count). The minimum absolute atomic E-state index is 0.0627. The van der Waals surface area contributed by atoms with Gasteiger partial charge in [0.1, 0.15) is 5.78 Å². The second-order valence-electron chi connectivity index (χ2n) is 8.93. The molecule has 2 nitrogen and oxygen atoms in total. The van der Waals surface area contributed by atoms with Gasteiger partial charge in [-0.2, -0.15) is 0 Å². The Morgan fingerprint density at radius 2 is 1.91 bits per heavy atom. The van der Waals surface area contributed by atoms with Gasteiger partial charge in [0.2, 0.25) is 0 Å². The number of ketones is 1. The lowest BCUT2D eigenvalue weighted by molar-refractivity contribution is -0.131. The molecule has 0 spiro atoms. The van der Waals surface area contributed by atoms with Crippen LogP contribution in [0.3, 0.4) is 0 Å². The molecule has 3 heteroatoms. The number of carbonyl (C=O) groups is 1. The number of Topliss-reactive ketones (excluding diaryl/α,β-unsaturated/α-hetero) is 1. The lowest BCUT2D eigenvalue weighted by Gasteiger charge is -2.56. The second kappa shape index (κ2) is 5.82. The zero-order valence-corrected chi connectivity index (χ0v) is 16.3. The summed E-state index contributed by atoms with van der Waals surface area (Å²) in [7, 11) is 0. The van der Waals surface area contributed by atoms with Gasteiger partial charge >= 0.3 is 0 Å². The molecule has 0 heterocycles. The number of rotatable bonds is 1. The van der Waals surface area contributed by atoms with Crippen LogP contribution in [0.25, 0.3) is 0 Å². The van der Waals surface area contributed by atoms with Gasteiger partial charge in [-0.05, 0) is 84.7 Å². The highest BCUT2D eigenvalue weighted by Crippen LogP contribution is 2.65. The Morgan fingerprint density at radius 1 is 1.09 bits per heavy atom. The standard InChI is InChI=1S/C20H29IO2/c1-19-8-6-16-15-5-3-14(22)12-13(15)2-4-17(16)18(19)7-9-20(19,23)10-11-21/h10-11,13,15-18,23H,2-9,12H2,1H3/b11-10-/t13-,15-,16+,17+,18-,19-,20-/m0/s1. The summed E-state index contributed by atoms with van der Waals surface area (Å²) in [5.41, 5.74) is -0.531. The maximum Gasteiger partial charge on any atom is 0.133 e. The molecular weight excluding hydrogens is 399 g/mol. The maximum absolute atomic E-state index is 11.8. The van der Waals surface area contributed by atoms with Crippen LogP contribution in [0.4, 0.5) is 0 Å². The average molecular weight is 428 g/mol. The van der Waals surface area contributed by atoms with E-state index in [0.29, 0.717) is 17.6 Å². The number of halogens is 1. The van der Waals surface area contributed by atoms with Gasteiger partial charge in [-0.25, -0.2) is 0 Å². The van der Waals surface area contributed by atoms with Crippen molar-refractivity contribution in [1.82, 2.24) is 0 Å². The monoisotopic (exact) mass is 428 g/mol. The third-order valence-corrected chi connectivity index (χ3v) is 8.68. The molecule has 0 aromatic heterocycles. The van der Waals surface area contributed by atoms with E-state index in [2.05, 4.69) is 35.6 Å². The van der Waals surface area contributed by atoms with Crippen molar-refractivity contribution in [3.05, 3.63) is 10.2 Å². The molecule has 0 unspecified atom stereocenters. The zero-order chi connectivity index (χ0) is 16.2. The molecule has 0 aliphatic heterocycles. The molecule has 4 fully saturated rings. The molecule has 23 heavy (non-hydrogen) atoms. The fraction of sp³-hybridized carbons (Fsp3) is 0.850. The van der Waals surface area contributed by atoms with Gasteiger partial charge in [-0.3, -0.25) is 4.79 Å². The van der Waals surface area contributed by atoms with E-state index < -0.39 is 5.60 Å². The summed E-state index contributed by atoms with van der Waals surface area (Å²) in [6.45, 7) is 2.36. The van der Waals surface area contributed by atoms with E-state index in [0.717, 1.165) is 49.9 Å². The maximum atomic E-state index is 11.8. The normalized spacial score (nSPS) is 53.0. The van der Waals surface area contributed by atoms with Gasteiger partial charge in [-0.15, -0.1) is 0 Å². The molecule has 4 saturated carbocycles. The topological polar surface area (TPSA) is 37.3 Å². The molecule has 0 saturated heterocycles. The largest absolute Gasteiger partial charge is 0.385 e. The fourth-order valence-corrected chi connectivity index (χ4v) is 7.68. The van der Waals surface area contributed by atoms with E-state index in [-0.39, 0.29) is 5.41 Å². The van der Waals surface area contributed by atoms with Crippen molar-refractivity contribution in [3.63, 3.8) is 0 Å². The highest BCUT2D eigenvalue weighted by molar-refractivity contribution is 14.1. The van der Waals surface area contributed by atoms with E-state index in [1.165, 1.54) is 25.7 Å². The highest BCUT2D eigenvalue weighted by Gasteiger charge is 2.61. The highest BCUT2D eigenvalue weighted by atomic mass is 127. The Hall–Kier alpha value is 0.100. The number of fused-ring (bicyclic) bond motifs is 5. The summed E-state index contributed by atoms with van der Waals surface area (Å²) in [4.78, 5) is 11.8. The van der Waals surface area contributed by atoms with Crippen molar-refractivity contribution < 1.29 is 9.90 Å². The Bertz CT molecular complexity index is 530. The minimum Gasteiger partial charge on any atom is -0.385 e. The van der Waals surface area contributed by atoms with Gasteiger partial charge in [0.15, 0.2) is 0 Å². The molecule has 0 radical (unpaired) electrons. The molecule has 128 valence electrons. The lowest BCUT2D eigenvalue weighted by Crippen LogP contribution is -2.53. The van der Waals surface area contributed by atoms with Gasteiger partial charge in [0, 0.05) is 18.3 Å². The molecular formula is C20H29IO2. The fourth-order valence-electron chi connectivity index (χ4n) is 7.09. The summed E-state index contributed by atoms with van der Waals surface area (Å²) in [6.07, 6.45) is 12.0. The Kier molecular flexibility index (Phi) is 4.19. The first-order valence-corrected chi connectivity index (χ1v) is 10.7. The van der Waals surface area contributed by atoms with Crippen molar-refractivity contribution in [1.29, 1.82) is 0 Å². The second-order valence-corrected chi connectivity index (χ2v) is 9.65. The SMILES string of the molecule is C[C@]12CC[C@H]3[C@@H](CC[C@H]4CC(=O)CC[C@@H]43)[C@@H]1CC[C@]2(O)/C=C\I. The predicted octanol–water partition coefficient (Wildman–Crippen LogP) is 4.89. The van der Waals surface area contributed by atoms with Crippen LogP contribution in [-0.4, -0.2) is 16.5 Å². The smallest absolute Gasteiger partial charge is 0.133 e. The van der Waals surface area contributed by atoms with Crippen LogP contribution in [-0.2, 0) is 4.79 Å². The Labute approximate surface area is 153 Å². The summed E-state index contributed by atoms with van der Waals surface area (Å²) in [5.74, 6) is 4.28. The van der Waals surface area contributed by atoms with Crippen LogP contribution < -0.4 is 0 Å². The van der Waals surface area contributed by atoms with Gasteiger partial charge < -0.3 is 5.11 Å². The molecule has 7 atom stereocenters. The number of hydrogen-bond acceptors (Lipinski definition) is 2. The first kappa shape index (κ1) is 16.6. The summed E-state index contributed by atoms with van der Waals surface area (Å²) in [5, 5.41) is 11.3. The third-order valence-electron chi connectivity index (χ3n) is 8.32. The van der Waals surface area contributed by atoms with Crippen molar-refractivity contribution in [2.24, 2.45) is 35.0 Å². The van der Waals surface area contributed by atoms with E-state index in [9.17, 15) is 9.90 Å². The minimum atomic E-state index is -0.594. The van der Waals surface area contributed by atoms with Crippen molar-refractivity contribution in [3.8, 4) is 0 Å². The molecule has 4 aliphatic carbocycles. The van der Waals surface area contributed by atoms with Crippen LogP contribution in [0.2, 0.25) is 0 Å². The number of hydrogen-bond donors (Lipinski definition) is 1. The quantitative estimate of drug-likeness (QED) is 0.604. The van der Waals surface area contributed by atoms with Crippen LogP contribution in [0.5, 0.6) is 0 Å². The van der Waals surface area contributed by atoms with Crippen LogP contribution in [0.1, 0.15) is 64.7 Å². The average Bonchev–Trinajstić information content (AvgIpc) is 2.79. The van der Waals surface area contributed by atoms with E-state index in [4.69, 9.17) is 0 Å². The first-order valence-electron chi connectivity index (χ1n) is 9.50. The van der Waals surface area contributed by atoms with Crippen LogP contribution >= 0.6 is 22.6 Å². The van der Waals surface area contributed by atoms with Crippen molar-refractivity contribution >= 4 is 28.4 Å². The molecule has 0 aromatic carbocycles. The van der Waals surface area contributed by atoms with E-state index in [1.54, 1.807) is 0 Å². The summed E-state index contributed by atoms with van der Waals surface area (Å²) < 4.78 is 2.02. The third kappa shape index (κ3) is 2.39. The number of carbonyl (C=O) groups excluding carboxylic acids is 1. The lowest BCUT2D eigenvalue weighted by atomic mass is 9.49. The Balaban J connectivity index is 1.60. The van der Waals surface area contributed by atoms with Gasteiger partial charge in [-0.1, -0.05) is 29.5 Å². The predicted molar refractivity (Wildman–Crippen MR) is 100 cm³/mol. The zero-order valence-electron chi connectivity index (χ0n) is 14.1. The molecule has 0 amide bonds. The van der Waals surface area contributed by atoms with E-state index in [1.807, 2.05) is 4.08 Å². The molecule has 4 aliphatic rings. The summed E-state index contributed by atoms with van der Waals surface area (Å²) >= 11 is 2.25. The number of aliphatic hydroxyl groups is 1. The summed E-state index contributed by atoms with van der Waals surface area (Å²) in [6, 6.07) is 0. The van der Waals surface area contributed by atoms with Crippen LogP contribution in [0.15, 0.2) is 10.2 Å².